The summed E-state index contributed by atoms with van der Waals surface area (Å²) in [5.41, 5.74) is 0.505. The molecule has 4 rings (SSSR count). The highest BCUT2D eigenvalue weighted by molar-refractivity contribution is 6.00. The van der Waals surface area contributed by atoms with E-state index in [0.29, 0.717) is 23.1 Å². The van der Waals surface area contributed by atoms with Gasteiger partial charge < -0.3 is 10.6 Å². The second kappa shape index (κ2) is 7.70. The van der Waals surface area contributed by atoms with Gasteiger partial charge in [-0.25, -0.2) is 0 Å². The summed E-state index contributed by atoms with van der Waals surface area (Å²) in [6, 6.07) is 13.0. The number of nitrogens with zero attached hydrogens (tertiary/aromatic N) is 2. The predicted molar refractivity (Wildman–Crippen MR) is 102 cm³/mol. The molecule has 1 saturated heterocycles. The normalized spacial score (nSPS) is 16.9. The third-order valence-electron chi connectivity index (χ3n) is 4.57. The molecule has 2 N–H and O–H groups in total. The average Bonchev–Trinajstić information content (AvgIpc) is 3.15. The van der Waals surface area contributed by atoms with Gasteiger partial charge in [-0.15, -0.1) is 22.6 Å². The van der Waals surface area contributed by atoms with E-state index in [1.54, 1.807) is 0 Å². The zero-order valence-corrected chi connectivity index (χ0v) is 15.1. The summed E-state index contributed by atoms with van der Waals surface area (Å²) in [5, 5.41) is 17.1. The minimum absolute atomic E-state index is 0. The molecular formula is C19H18ClF3N4. The standard InChI is InChI=1S/C19H17F3N4.ClH/c20-19(21,22)13-7-5-12(6-8-13)17-15-3-1-2-4-16(15)18(26-25-17)24-14-9-10-23-11-14;/h1-8,14,23H,9-11H2,(H,24,26);1H/t14-;/m0./s1. The summed E-state index contributed by atoms with van der Waals surface area (Å²) < 4.78 is 38.3. The van der Waals surface area contributed by atoms with Gasteiger partial charge in [-0.2, -0.15) is 13.2 Å². The number of nitrogens with one attached hydrogen (secondary N) is 2. The van der Waals surface area contributed by atoms with Crippen LogP contribution in [0.5, 0.6) is 0 Å². The fourth-order valence-electron chi connectivity index (χ4n) is 3.21. The molecule has 2 aromatic carbocycles. The zero-order chi connectivity index (χ0) is 18.1. The topological polar surface area (TPSA) is 49.8 Å². The fraction of sp³-hybridized carbons (Fsp3) is 0.263. The van der Waals surface area contributed by atoms with Gasteiger partial charge >= 0.3 is 6.18 Å². The van der Waals surface area contributed by atoms with Crippen LogP contribution in [0.3, 0.4) is 0 Å². The first kappa shape index (κ1) is 19.4. The Morgan fingerprint density at radius 3 is 2.30 bits per heavy atom. The van der Waals surface area contributed by atoms with E-state index in [-0.39, 0.29) is 12.4 Å². The van der Waals surface area contributed by atoms with Gasteiger partial charge in [-0.05, 0) is 25.1 Å². The van der Waals surface area contributed by atoms with Crippen LogP contribution in [0.25, 0.3) is 22.0 Å². The Kier molecular flexibility index (Phi) is 5.53. The van der Waals surface area contributed by atoms with Crippen molar-refractivity contribution in [1.29, 1.82) is 0 Å². The maximum atomic E-state index is 12.8. The second-order valence-corrected chi connectivity index (χ2v) is 6.35. The van der Waals surface area contributed by atoms with E-state index in [1.165, 1.54) is 12.1 Å². The Hall–Kier alpha value is -2.38. The summed E-state index contributed by atoms with van der Waals surface area (Å²) >= 11 is 0. The molecule has 142 valence electrons. The minimum atomic E-state index is -4.35. The van der Waals surface area contributed by atoms with E-state index in [0.717, 1.165) is 42.4 Å². The molecule has 4 nitrogen and oxygen atoms in total. The maximum Gasteiger partial charge on any atom is 0.416 e. The van der Waals surface area contributed by atoms with Gasteiger partial charge in [0.2, 0.25) is 0 Å². The van der Waals surface area contributed by atoms with Crippen LogP contribution >= 0.6 is 12.4 Å². The van der Waals surface area contributed by atoms with Crippen molar-refractivity contribution in [2.24, 2.45) is 0 Å². The molecule has 1 aromatic heterocycles. The lowest BCUT2D eigenvalue weighted by molar-refractivity contribution is -0.137. The van der Waals surface area contributed by atoms with Gasteiger partial charge in [-0.1, -0.05) is 36.4 Å². The molecule has 0 radical (unpaired) electrons. The Morgan fingerprint density at radius 2 is 1.67 bits per heavy atom. The number of hydrogen-bond acceptors (Lipinski definition) is 4. The molecule has 0 amide bonds. The van der Waals surface area contributed by atoms with E-state index in [2.05, 4.69) is 20.8 Å². The first-order chi connectivity index (χ1) is 12.5. The molecule has 27 heavy (non-hydrogen) atoms. The van der Waals surface area contributed by atoms with Crippen LogP contribution in [0, 0.1) is 0 Å². The Morgan fingerprint density at radius 1 is 0.963 bits per heavy atom. The van der Waals surface area contributed by atoms with Crippen molar-refractivity contribution in [2.45, 2.75) is 18.6 Å². The number of hydrogen-bond donors (Lipinski definition) is 2. The number of aromatic nitrogens is 2. The van der Waals surface area contributed by atoms with E-state index in [4.69, 9.17) is 0 Å². The van der Waals surface area contributed by atoms with Crippen molar-refractivity contribution in [2.75, 3.05) is 18.4 Å². The summed E-state index contributed by atoms with van der Waals surface area (Å²) in [4.78, 5) is 0. The summed E-state index contributed by atoms with van der Waals surface area (Å²) in [6.45, 7) is 1.84. The van der Waals surface area contributed by atoms with Crippen LogP contribution in [-0.2, 0) is 6.18 Å². The lowest BCUT2D eigenvalue weighted by Crippen LogP contribution is -2.23. The highest BCUT2D eigenvalue weighted by Gasteiger charge is 2.30. The number of rotatable bonds is 3. The highest BCUT2D eigenvalue weighted by atomic mass is 35.5. The summed E-state index contributed by atoms with van der Waals surface area (Å²) in [7, 11) is 0. The summed E-state index contributed by atoms with van der Waals surface area (Å²) in [6.07, 6.45) is -3.34. The van der Waals surface area contributed by atoms with Gasteiger partial charge in [-0.3, -0.25) is 0 Å². The van der Waals surface area contributed by atoms with E-state index in [1.807, 2.05) is 24.3 Å². The van der Waals surface area contributed by atoms with Crippen molar-refractivity contribution >= 4 is 29.0 Å². The molecule has 0 aliphatic carbocycles. The predicted octanol–water partition coefficient (Wildman–Crippen LogP) is 4.51. The van der Waals surface area contributed by atoms with E-state index < -0.39 is 11.7 Å². The van der Waals surface area contributed by atoms with Crippen molar-refractivity contribution in [1.82, 2.24) is 15.5 Å². The van der Waals surface area contributed by atoms with Gasteiger partial charge in [0.15, 0.2) is 5.82 Å². The Balaban J connectivity index is 0.00000210. The molecular weight excluding hydrogens is 377 g/mol. The second-order valence-electron chi connectivity index (χ2n) is 6.35. The average molecular weight is 395 g/mol. The fourth-order valence-corrected chi connectivity index (χ4v) is 3.21. The number of anilines is 1. The van der Waals surface area contributed by atoms with Crippen LogP contribution in [0.15, 0.2) is 48.5 Å². The van der Waals surface area contributed by atoms with Gasteiger partial charge in [0.05, 0.1) is 5.56 Å². The first-order valence-electron chi connectivity index (χ1n) is 8.43. The molecule has 0 saturated carbocycles. The molecule has 3 aromatic rings. The van der Waals surface area contributed by atoms with Crippen LogP contribution < -0.4 is 10.6 Å². The van der Waals surface area contributed by atoms with Gasteiger partial charge in [0, 0.05) is 28.9 Å². The number of fused-ring (bicyclic) bond motifs is 1. The Labute approximate surface area is 160 Å². The SMILES string of the molecule is Cl.FC(F)(F)c1ccc(-c2nnc(N[C@H]3CCNC3)c3ccccc23)cc1. The zero-order valence-electron chi connectivity index (χ0n) is 14.3. The van der Waals surface area contributed by atoms with Crippen molar-refractivity contribution in [3.8, 4) is 11.3 Å². The van der Waals surface area contributed by atoms with Gasteiger partial charge in [0.25, 0.3) is 0 Å². The molecule has 0 unspecified atom stereocenters. The molecule has 1 atom stereocenters. The lowest BCUT2D eigenvalue weighted by Gasteiger charge is -2.15. The third kappa shape index (κ3) is 3.99. The van der Waals surface area contributed by atoms with E-state index in [9.17, 15) is 13.2 Å². The van der Waals surface area contributed by atoms with E-state index >= 15 is 0 Å². The summed E-state index contributed by atoms with van der Waals surface area (Å²) in [5.74, 6) is 0.699. The first-order valence-corrected chi connectivity index (χ1v) is 8.43. The lowest BCUT2D eigenvalue weighted by atomic mass is 10.0. The van der Waals surface area contributed by atoms with Crippen molar-refractivity contribution in [3.05, 3.63) is 54.1 Å². The maximum absolute atomic E-state index is 12.8. The van der Waals surface area contributed by atoms with Crippen LogP contribution in [0.4, 0.5) is 19.0 Å². The molecule has 1 aliphatic rings. The van der Waals surface area contributed by atoms with Crippen molar-refractivity contribution in [3.63, 3.8) is 0 Å². The van der Waals surface area contributed by atoms with Gasteiger partial charge in [0.1, 0.15) is 5.69 Å². The quantitative estimate of drug-likeness (QED) is 0.686. The third-order valence-corrected chi connectivity index (χ3v) is 4.57. The number of halogens is 4. The smallest absolute Gasteiger partial charge is 0.364 e. The monoisotopic (exact) mass is 394 g/mol. The largest absolute Gasteiger partial charge is 0.416 e. The Bertz CT molecular complexity index is 922. The molecule has 0 spiro atoms. The molecule has 8 heteroatoms. The highest BCUT2D eigenvalue weighted by Crippen LogP contribution is 2.33. The van der Waals surface area contributed by atoms with Crippen molar-refractivity contribution < 1.29 is 13.2 Å². The molecule has 1 aliphatic heterocycles. The minimum Gasteiger partial charge on any atom is -0.364 e. The molecule has 2 heterocycles. The number of benzene rings is 2. The van der Waals surface area contributed by atoms with Crippen LogP contribution in [-0.4, -0.2) is 29.3 Å². The van der Waals surface area contributed by atoms with Crippen LogP contribution in [0.2, 0.25) is 0 Å². The number of alkyl halides is 3. The molecule has 0 bridgehead atoms. The van der Waals surface area contributed by atoms with Crippen LogP contribution in [0.1, 0.15) is 12.0 Å². The molecule has 1 fully saturated rings.